The van der Waals surface area contributed by atoms with Crippen molar-refractivity contribution in [2.75, 3.05) is 45.7 Å². The number of hydrogen-bond donors (Lipinski definition) is 0. The number of anilines is 1. The van der Waals surface area contributed by atoms with E-state index in [-0.39, 0.29) is 12.1 Å². The van der Waals surface area contributed by atoms with E-state index in [1.165, 1.54) is 5.56 Å². The van der Waals surface area contributed by atoms with Crippen LogP contribution in [-0.2, 0) is 6.42 Å². The first-order chi connectivity index (χ1) is 11.0. The minimum absolute atomic E-state index is 0.0313. The molecule has 2 aliphatic heterocycles. The third-order valence-electron chi connectivity index (χ3n) is 4.39. The van der Waals surface area contributed by atoms with E-state index in [9.17, 15) is 4.79 Å². The Labute approximate surface area is 139 Å². The van der Waals surface area contributed by atoms with Crippen LogP contribution in [0.3, 0.4) is 0 Å². The Morgan fingerprint density at radius 1 is 1.43 bits per heavy atom. The molecule has 122 valence electrons. The highest BCUT2D eigenvalue weighted by Crippen LogP contribution is 2.39. The summed E-state index contributed by atoms with van der Waals surface area (Å²) >= 11 is 1.59. The number of benzene rings is 1. The fraction of sp³-hybridized carbons (Fsp3) is 0.500. The summed E-state index contributed by atoms with van der Waals surface area (Å²) in [6, 6.07) is 4.23. The number of urea groups is 1. The average Bonchev–Trinajstić information content (AvgIpc) is 3.16. The molecule has 7 heteroatoms. The normalized spacial score (nSPS) is 20.7. The van der Waals surface area contributed by atoms with E-state index in [1.807, 2.05) is 38.2 Å². The molecule has 2 aliphatic rings. The maximum Gasteiger partial charge on any atom is 0.326 e. The molecule has 1 unspecified atom stereocenters. The summed E-state index contributed by atoms with van der Waals surface area (Å²) in [5.74, 6) is 0.934. The van der Waals surface area contributed by atoms with Crippen LogP contribution in [-0.4, -0.2) is 67.7 Å². The molecule has 0 radical (unpaired) electrons. The zero-order valence-corrected chi connectivity index (χ0v) is 14.4. The van der Waals surface area contributed by atoms with Gasteiger partial charge in [-0.25, -0.2) is 9.78 Å². The standard InChI is InChI=1S/C16H20N4O2S/c1-18(2)8-10-9-19(3)16(21)20(10)15-17-14-11-6-7-22-12(11)4-5-13(14)23-15/h4-5,10H,6-9H2,1-3H3. The Hall–Kier alpha value is -1.86. The topological polar surface area (TPSA) is 48.9 Å². The minimum atomic E-state index is 0.0313. The van der Waals surface area contributed by atoms with Crippen LogP contribution in [0.1, 0.15) is 5.56 Å². The van der Waals surface area contributed by atoms with Gasteiger partial charge in [0.05, 0.1) is 22.9 Å². The van der Waals surface area contributed by atoms with Gasteiger partial charge in [-0.3, -0.25) is 4.90 Å². The van der Waals surface area contributed by atoms with Crippen LogP contribution in [0.5, 0.6) is 5.75 Å². The number of thiazole rings is 1. The van der Waals surface area contributed by atoms with Crippen molar-refractivity contribution in [3.8, 4) is 5.75 Å². The van der Waals surface area contributed by atoms with Crippen LogP contribution < -0.4 is 9.64 Å². The molecule has 0 aliphatic carbocycles. The second kappa shape index (κ2) is 5.35. The van der Waals surface area contributed by atoms with Gasteiger partial charge in [0.15, 0.2) is 5.13 Å². The number of likely N-dealkylation sites (N-methyl/N-ethyl adjacent to an activating group) is 2. The van der Waals surface area contributed by atoms with E-state index in [1.54, 1.807) is 16.2 Å². The molecule has 3 heterocycles. The van der Waals surface area contributed by atoms with Gasteiger partial charge in [-0.2, -0.15) is 0 Å². The minimum Gasteiger partial charge on any atom is -0.493 e. The maximum atomic E-state index is 12.6. The maximum absolute atomic E-state index is 12.6. The van der Waals surface area contributed by atoms with Gasteiger partial charge in [0.1, 0.15) is 5.75 Å². The molecule has 1 fully saturated rings. The highest BCUT2D eigenvalue weighted by atomic mass is 32.1. The highest BCUT2D eigenvalue weighted by Gasteiger charge is 2.38. The van der Waals surface area contributed by atoms with Crippen LogP contribution >= 0.6 is 11.3 Å². The van der Waals surface area contributed by atoms with Crippen LogP contribution in [0.4, 0.5) is 9.93 Å². The molecule has 2 aromatic rings. The van der Waals surface area contributed by atoms with Gasteiger partial charge in [-0.15, -0.1) is 0 Å². The monoisotopic (exact) mass is 332 g/mol. The van der Waals surface area contributed by atoms with Gasteiger partial charge in [0.25, 0.3) is 0 Å². The number of fused-ring (bicyclic) bond motifs is 3. The molecular weight excluding hydrogens is 312 g/mol. The van der Waals surface area contributed by atoms with Crippen molar-refractivity contribution < 1.29 is 9.53 Å². The van der Waals surface area contributed by atoms with Gasteiger partial charge in [-0.05, 0) is 26.2 Å². The van der Waals surface area contributed by atoms with E-state index in [4.69, 9.17) is 9.72 Å². The number of ether oxygens (including phenoxy) is 1. The smallest absolute Gasteiger partial charge is 0.326 e. The number of aromatic nitrogens is 1. The summed E-state index contributed by atoms with van der Waals surface area (Å²) in [7, 11) is 5.91. The molecule has 1 atom stereocenters. The predicted molar refractivity (Wildman–Crippen MR) is 91.7 cm³/mol. The van der Waals surface area contributed by atoms with Gasteiger partial charge < -0.3 is 14.5 Å². The quantitative estimate of drug-likeness (QED) is 0.863. The second-order valence-electron chi connectivity index (χ2n) is 6.43. The number of nitrogens with zero attached hydrogens (tertiary/aromatic N) is 4. The summed E-state index contributed by atoms with van der Waals surface area (Å²) in [4.78, 5) is 23.1. The fourth-order valence-corrected chi connectivity index (χ4v) is 4.44. The van der Waals surface area contributed by atoms with E-state index >= 15 is 0 Å². The Kier molecular flexibility index (Phi) is 3.42. The van der Waals surface area contributed by atoms with Gasteiger partial charge in [0, 0.05) is 32.1 Å². The lowest BCUT2D eigenvalue weighted by atomic mass is 10.1. The fourth-order valence-electron chi connectivity index (χ4n) is 3.38. The van der Waals surface area contributed by atoms with Gasteiger partial charge >= 0.3 is 6.03 Å². The first kappa shape index (κ1) is 14.7. The van der Waals surface area contributed by atoms with Crippen molar-refractivity contribution in [2.45, 2.75) is 12.5 Å². The lowest BCUT2D eigenvalue weighted by Crippen LogP contribution is -2.40. The highest BCUT2D eigenvalue weighted by molar-refractivity contribution is 7.22. The van der Waals surface area contributed by atoms with Gasteiger partial charge in [-0.1, -0.05) is 11.3 Å². The molecule has 23 heavy (non-hydrogen) atoms. The Morgan fingerprint density at radius 3 is 3.04 bits per heavy atom. The molecule has 0 bridgehead atoms. The number of hydrogen-bond acceptors (Lipinski definition) is 5. The van der Waals surface area contributed by atoms with E-state index in [0.29, 0.717) is 0 Å². The third-order valence-corrected chi connectivity index (χ3v) is 5.41. The van der Waals surface area contributed by atoms with Crippen LogP contribution in [0.25, 0.3) is 10.2 Å². The molecule has 1 aromatic heterocycles. The summed E-state index contributed by atoms with van der Waals surface area (Å²) < 4.78 is 6.74. The zero-order valence-electron chi connectivity index (χ0n) is 13.6. The van der Waals surface area contributed by atoms with Crippen LogP contribution in [0, 0.1) is 0 Å². The lowest BCUT2D eigenvalue weighted by Gasteiger charge is -2.23. The first-order valence-electron chi connectivity index (χ1n) is 7.79. The van der Waals surface area contributed by atoms with Crippen LogP contribution in [0.15, 0.2) is 12.1 Å². The number of rotatable bonds is 3. The second-order valence-corrected chi connectivity index (χ2v) is 7.44. The molecule has 1 saturated heterocycles. The predicted octanol–water partition coefficient (Wildman–Crippen LogP) is 2.03. The largest absolute Gasteiger partial charge is 0.493 e. The van der Waals surface area contributed by atoms with Gasteiger partial charge in [0.2, 0.25) is 0 Å². The van der Waals surface area contributed by atoms with Crippen LogP contribution in [0.2, 0.25) is 0 Å². The first-order valence-corrected chi connectivity index (χ1v) is 8.60. The van der Waals surface area contributed by atoms with Crippen molar-refractivity contribution in [3.05, 3.63) is 17.7 Å². The lowest BCUT2D eigenvalue weighted by molar-refractivity contribution is 0.229. The molecule has 4 rings (SSSR count). The SMILES string of the molecule is CN(C)CC1CN(C)C(=O)N1c1nc2c3c(ccc2s1)OCC3. The van der Waals surface area contributed by atoms with Crippen molar-refractivity contribution >= 4 is 32.7 Å². The number of amides is 2. The summed E-state index contributed by atoms with van der Waals surface area (Å²) in [5, 5.41) is 0.793. The Balaban J connectivity index is 1.76. The molecule has 1 aromatic carbocycles. The molecule has 0 spiro atoms. The van der Waals surface area contributed by atoms with E-state index in [0.717, 1.165) is 47.2 Å². The van der Waals surface area contributed by atoms with Crippen molar-refractivity contribution in [1.82, 2.24) is 14.8 Å². The number of carbonyl (C=O) groups is 1. The van der Waals surface area contributed by atoms with Crippen molar-refractivity contribution in [1.29, 1.82) is 0 Å². The molecule has 2 amide bonds. The summed E-state index contributed by atoms with van der Waals surface area (Å²) in [6.45, 7) is 2.28. The summed E-state index contributed by atoms with van der Waals surface area (Å²) in [5.41, 5.74) is 2.17. The molecular formula is C16H20N4O2S. The number of carbonyl (C=O) groups excluding carboxylic acids is 1. The van der Waals surface area contributed by atoms with E-state index < -0.39 is 0 Å². The Bertz CT molecular complexity index is 773. The van der Waals surface area contributed by atoms with E-state index in [2.05, 4.69) is 4.90 Å². The molecule has 6 nitrogen and oxygen atoms in total. The van der Waals surface area contributed by atoms with Crippen molar-refractivity contribution in [3.63, 3.8) is 0 Å². The van der Waals surface area contributed by atoms with Crippen molar-refractivity contribution in [2.24, 2.45) is 0 Å². The molecule has 0 saturated carbocycles. The molecule has 0 N–H and O–H groups in total. The zero-order chi connectivity index (χ0) is 16.1. The Morgan fingerprint density at radius 2 is 2.26 bits per heavy atom. The third kappa shape index (κ3) is 2.35. The summed E-state index contributed by atoms with van der Waals surface area (Å²) in [6.07, 6.45) is 0.894. The average molecular weight is 332 g/mol.